The molecule has 3 N–H and O–H groups in total. The van der Waals surface area contributed by atoms with Gasteiger partial charge in [-0.1, -0.05) is 18.2 Å². The van der Waals surface area contributed by atoms with Crippen LogP contribution in [0.4, 0.5) is 5.69 Å². The molecular weight excluding hydrogens is 276 g/mol. The van der Waals surface area contributed by atoms with Crippen LogP contribution in [0.3, 0.4) is 0 Å². The molecule has 0 radical (unpaired) electrons. The number of benzene rings is 1. The zero-order chi connectivity index (χ0) is 13.3. The van der Waals surface area contributed by atoms with Gasteiger partial charge in [-0.05, 0) is 6.07 Å². The van der Waals surface area contributed by atoms with E-state index in [9.17, 15) is 13.2 Å². The van der Waals surface area contributed by atoms with Gasteiger partial charge in [0.2, 0.25) is 0 Å². The van der Waals surface area contributed by atoms with Crippen LogP contribution in [0.15, 0.2) is 24.3 Å². The van der Waals surface area contributed by atoms with Crippen molar-refractivity contribution in [3.8, 4) is 0 Å². The van der Waals surface area contributed by atoms with Crippen molar-refractivity contribution in [3.05, 3.63) is 29.1 Å². The van der Waals surface area contributed by atoms with Crippen LogP contribution in [-0.4, -0.2) is 21.5 Å². The molecule has 0 fully saturated rings. The molecule has 0 aliphatic rings. The second-order valence-electron chi connectivity index (χ2n) is 3.44. The highest BCUT2D eigenvalue weighted by Gasteiger charge is 2.21. The first-order valence-electron chi connectivity index (χ1n) is 4.83. The minimum absolute atomic E-state index is 0.157. The lowest BCUT2D eigenvalue weighted by Gasteiger charge is -2.04. The Morgan fingerprint density at radius 1 is 1.39 bits per heavy atom. The van der Waals surface area contributed by atoms with Gasteiger partial charge in [-0.15, -0.1) is 11.3 Å². The standard InChI is InChI=1S/C10H10N2O4S2/c1-16-10(13)9-8(12-18(11,14)15)6-4-2-3-5-7(6)17-9/h2-5,12H,1H3,(H2,11,14,15). The summed E-state index contributed by atoms with van der Waals surface area (Å²) in [7, 11) is -2.72. The molecular formula is C10H10N2O4S2. The van der Waals surface area contributed by atoms with Crippen LogP contribution in [-0.2, 0) is 14.9 Å². The summed E-state index contributed by atoms with van der Waals surface area (Å²) in [4.78, 5) is 11.8. The van der Waals surface area contributed by atoms with E-state index in [1.54, 1.807) is 24.3 Å². The summed E-state index contributed by atoms with van der Waals surface area (Å²) in [6, 6.07) is 7.01. The van der Waals surface area contributed by atoms with Crippen molar-refractivity contribution in [2.45, 2.75) is 0 Å². The van der Waals surface area contributed by atoms with Gasteiger partial charge < -0.3 is 4.74 Å². The van der Waals surface area contributed by atoms with Gasteiger partial charge in [-0.25, -0.2) is 9.93 Å². The number of nitrogens with two attached hydrogens (primary N) is 1. The zero-order valence-electron chi connectivity index (χ0n) is 9.34. The fraction of sp³-hybridized carbons (Fsp3) is 0.100. The molecule has 8 heteroatoms. The zero-order valence-corrected chi connectivity index (χ0v) is 11.0. The van der Waals surface area contributed by atoms with Crippen LogP contribution >= 0.6 is 11.3 Å². The van der Waals surface area contributed by atoms with Crippen LogP contribution in [0.1, 0.15) is 9.67 Å². The molecule has 2 rings (SSSR count). The largest absolute Gasteiger partial charge is 0.465 e. The number of rotatable bonds is 3. The van der Waals surface area contributed by atoms with Gasteiger partial charge in [-0.2, -0.15) is 8.42 Å². The van der Waals surface area contributed by atoms with Crippen LogP contribution in [0.25, 0.3) is 10.1 Å². The number of thiophene rings is 1. The van der Waals surface area contributed by atoms with Crippen LogP contribution in [0, 0.1) is 0 Å². The molecule has 0 bridgehead atoms. The maximum Gasteiger partial charge on any atom is 0.350 e. The molecule has 0 spiro atoms. The van der Waals surface area contributed by atoms with Crippen LogP contribution in [0.2, 0.25) is 0 Å². The van der Waals surface area contributed by atoms with Crippen molar-refractivity contribution in [2.24, 2.45) is 5.14 Å². The van der Waals surface area contributed by atoms with E-state index in [4.69, 9.17) is 5.14 Å². The molecule has 1 aromatic heterocycles. The van der Waals surface area contributed by atoms with Crippen LogP contribution in [0.5, 0.6) is 0 Å². The van der Waals surface area contributed by atoms with Gasteiger partial charge in [0.15, 0.2) is 0 Å². The number of nitrogens with one attached hydrogen (secondary N) is 1. The molecule has 0 aliphatic carbocycles. The maximum absolute atomic E-state index is 11.6. The smallest absolute Gasteiger partial charge is 0.350 e. The lowest BCUT2D eigenvalue weighted by Crippen LogP contribution is -2.22. The van der Waals surface area contributed by atoms with Gasteiger partial charge in [-0.3, -0.25) is 4.72 Å². The molecule has 0 saturated carbocycles. The number of ether oxygens (including phenoxy) is 1. The van der Waals surface area contributed by atoms with Crippen molar-refractivity contribution >= 4 is 43.3 Å². The summed E-state index contributed by atoms with van der Waals surface area (Å²) in [5, 5.41) is 5.55. The second kappa shape index (κ2) is 4.56. The van der Waals surface area contributed by atoms with E-state index in [1.807, 2.05) is 0 Å². The summed E-state index contributed by atoms with van der Waals surface area (Å²) < 4.78 is 29.8. The maximum atomic E-state index is 11.6. The number of hydrogen-bond donors (Lipinski definition) is 2. The minimum Gasteiger partial charge on any atom is -0.465 e. The molecule has 18 heavy (non-hydrogen) atoms. The summed E-state index contributed by atoms with van der Waals surface area (Å²) in [6.45, 7) is 0. The Hall–Kier alpha value is -1.64. The second-order valence-corrected chi connectivity index (χ2v) is 5.79. The molecule has 0 amide bonds. The SMILES string of the molecule is COC(=O)c1sc2ccccc2c1NS(N)(=O)=O. The van der Waals surface area contributed by atoms with E-state index in [0.717, 1.165) is 16.0 Å². The monoisotopic (exact) mass is 286 g/mol. The Kier molecular flexibility index (Phi) is 3.24. The fourth-order valence-corrected chi connectivity index (χ4v) is 3.16. The third kappa shape index (κ3) is 2.45. The van der Waals surface area contributed by atoms with Gasteiger partial charge in [0.25, 0.3) is 10.2 Å². The van der Waals surface area contributed by atoms with E-state index in [1.165, 1.54) is 7.11 Å². The molecule has 0 aliphatic heterocycles. The first-order chi connectivity index (χ1) is 8.42. The van der Waals surface area contributed by atoms with Gasteiger partial charge in [0.1, 0.15) is 4.88 Å². The number of fused-ring (bicyclic) bond motifs is 1. The van der Waals surface area contributed by atoms with Crippen LogP contribution < -0.4 is 9.86 Å². The Labute approximate surface area is 108 Å². The van der Waals surface area contributed by atoms with Crippen molar-refractivity contribution in [3.63, 3.8) is 0 Å². The molecule has 0 saturated heterocycles. The number of esters is 1. The van der Waals surface area contributed by atoms with Crippen molar-refractivity contribution in [2.75, 3.05) is 11.8 Å². The summed E-state index contributed by atoms with van der Waals surface area (Å²) in [5.41, 5.74) is 0.157. The molecule has 96 valence electrons. The fourth-order valence-electron chi connectivity index (χ4n) is 1.53. The average Bonchev–Trinajstić information content (AvgIpc) is 2.65. The first kappa shape index (κ1) is 12.8. The van der Waals surface area contributed by atoms with E-state index in [0.29, 0.717) is 5.39 Å². The Bertz CT molecular complexity index is 706. The minimum atomic E-state index is -3.95. The number of anilines is 1. The number of carbonyl (C=O) groups is 1. The van der Waals surface area contributed by atoms with Crippen molar-refractivity contribution < 1.29 is 17.9 Å². The quantitative estimate of drug-likeness (QED) is 0.831. The average molecular weight is 286 g/mol. The Morgan fingerprint density at radius 3 is 2.67 bits per heavy atom. The summed E-state index contributed by atoms with van der Waals surface area (Å²) in [5.74, 6) is -0.609. The van der Waals surface area contributed by atoms with E-state index in [-0.39, 0.29) is 10.6 Å². The third-order valence-electron chi connectivity index (χ3n) is 2.21. The number of methoxy groups -OCH3 is 1. The van der Waals surface area contributed by atoms with Gasteiger partial charge >= 0.3 is 5.97 Å². The Balaban J connectivity index is 2.69. The predicted octanol–water partition coefficient (Wildman–Crippen LogP) is 1.30. The molecule has 6 nitrogen and oxygen atoms in total. The number of carbonyl (C=O) groups excluding carboxylic acids is 1. The third-order valence-corrected chi connectivity index (χ3v) is 3.85. The molecule has 2 aromatic rings. The van der Waals surface area contributed by atoms with E-state index >= 15 is 0 Å². The summed E-state index contributed by atoms with van der Waals surface area (Å²) in [6.07, 6.45) is 0. The highest BCUT2D eigenvalue weighted by atomic mass is 32.2. The predicted molar refractivity (Wildman–Crippen MR) is 69.9 cm³/mol. The first-order valence-corrected chi connectivity index (χ1v) is 7.19. The molecule has 0 atom stereocenters. The lowest BCUT2D eigenvalue weighted by molar-refractivity contribution is 0.0607. The highest BCUT2D eigenvalue weighted by molar-refractivity contribution is 7.90. The van der Waals surface area contributed by atoms with Crippen molar-refractivity contribution in [1.29, 1.82) is 0 Å². The molecule has 0 unspecified atom stereocenters. The Morgan fingerprint density at radius 2 is 2.06 bits per heavy atom. The van der Waals surface area contributed by atoms with E-state index < -0.39 is 16.2 Å². The molecule has 1 heterocycles. The van der Waals surface area contributed by atoms with Gasteiger partial charge in [0.05, 0.1) is 12.8 Å². The normalized spacial score (nSPS) is 11.4. The molecule has 1 aromatic carbocycles. The highest BCUT2D eigenvalue weighted by Crippen LogP contribution is 2.36. The topological polar surface area (TPSA) is 98.5 Å². The number of hydrogen-bond acceptors (Lipinski definition) is 5. The van der Waals surface area contributed by atoms with Gasteiger partial charge in [0, 0.05) is 10.1 Å². The summed E-state index contributed by atoms with van der Waals surface area (Å²) >= 11 is 1.14. The van der Waals surface area contributed by atoms with Crippen molar-refractivity contribution in [1.82, 2.24) is 0 Å². The lowest BCUT2D eigenvalue weighted by atomic mass is 10.2. The van der Waals surface area contributed by atoms with E-state index in [2.05, 4.69) is 9.46 Å².